The lowest BCUT2D eigenvalue weighted by Gasteiger charge is -2.38. The highest BCUT2D eigenvalue weighted by Crippen LogP contribution is 2.17. The molecule has 0 unspecified atom stereocenters. The van der Waals surface area contributed by atoms with Gasteiger partial charge in [0.1, 0.15) is 11.7 Å². The summed E-state index contributed by atoms with van der Waals surface area (Å²) >= 11 is 0. The maximum Gasteiger partial charge on any atom is 0.245 e. The van der Waals surface area contributed by atoms with E-state index in [0.717, 1.165) is 23.3 Å². The zero-order chi connectivity index (χ0) is 18.8. The normalized spacial score (nSPS) is 17.7. The van der Waals surface area contributed by atoms with Gasteiger partial charge in [0.05, 0.1) is 18.8 Å². The minimum Gasteiger partial charge on any atom is -0.331 e. The molecule has 0 bridgehead atoms. The summed E-state index contributed by atoms with van der Waals surface area (Å²) in [5, 5.41) is 0. The molecule has 0 N–H and O–H groups in total. The third-order valence-corrected chi connectivity index (χ3v) is 5.04. The Bertz CT molecular complexity index is 933. The van der Waals surface area contributed by atoms with Crippen molar-refractivity contribution in [1.29, 1.82) is 0 Å². The molecule has 6 heteroatoms. The fraction of sp³-hybridized carbons (Fsp3) is 0.286. The van der Waals surface area contributed by atoms with Crippen molar-refractivity contribution in [3.8, 4) is 0 Å². The van der Waals surface area contributed by atoms with Crippen LogP contribution in [0.3, 0.4) is 0 Å². The number of rotatable bonds is 5. The number of piperazine rings is 1. The van der Waals surface area contributed by atoms with Crippen LogP contribution in [0.1, 0.15) is 18.2 Å². The minimum atomic E-state index is -0.480. The van der Waals surface area contributed by atoms with Crippen LogP contribution in [0.25, 0.3) is 5.65 Å². The second-order valence-electron chi connectivity index (χ2n) is 6.89. The van der Waals surface area contributed by atoms with Crippen molar-refractivity contribution in [1.82, 2.24) is 19.2 Å². The molecule has 1 fully saturated rings. The van der Waals surface area contributed by atoms with Gasteiger partial charge in [-0.25, -0.2) is 4.98 Å². The van der Waals surface area contributed by atoms with Gasteiger partial charge in [0.2, 0.25) is 11.8 Å². The van der Waals surface area contributed by atoms with E-state index < -0.39 is 6.04 Å². The summed E-state index contributed by atoms with van der Waals surface area (Å²) in [6, 6.07) is 15.3. The van der Waals surface area contributed by atoms with Gasteiger partial charge in [-0.2, -0.15) is 0 Å². The van der Waals surface area contributed by atoms with Crippen molar-refractivity contribution in [3.05, 3.63) is 72.2 Å². The number of carbonyl (C=O) groups excluding carboxylic acids is 2. The molecule has 138 valence electrons. The van der Waals surface area contributed by atoms with Crippen LogP contribution in [0.2, 0.25) is 0 Å². The first-order chi connectivity index (χ1) is 13.1. The summed E-state index contributed by atoms with van der Waals surface area (Å²) in [7, 11) is 0. The van der Waals surface area contributed by atoms with Crippen LogP contribution in [0, 0.1) is 0 Å². The molecular weight excluding hydrogens is 340 g/mol. The van der Waals surface area contributed by atoms with E-state index >= 15 is 0 Å². The van der Waals surface area contributed by atoms with Gasteiger partial charge in [-0.1, -0.05) is 36.4 Å². The summed E-state index contributed by atoms with van der Waals surface area (Å²) in [6.45, 7) is 2.83. The molecule has 1 aromatic carbocycles. The van der Waals surface area contributed by atoms with Gasteiger partial charge in [0, 0.05) is 18.9 Å². The van der Waals surface area contributed by atoms with Gasteiger partial charge in [-0.15, -0.1) is 0 Å². The molecule has 1 aliphatic heterocycles. The van der Waals surface area contributed by atoms with Crippen molar-refractivity contribution in [2.45, 2.75) is 25.9 Å². The monoisotopic (exact) mass is 362 g/mol. The van der Waals surface area contributed by atoms with Gasteiger partial charge in [-0.3, -0.25) is 9.59 Å². The number of pyridine rings is 1. The number of hydrogen-bond donors (Lipinski definition) is 0. The van der Waals surface area contributed by atoms with Gasteiger partial charge in [-0.05, 0) is 31.0 Å². The van der Waals surface area contributed by atoms with Crippen molar-refractivity contribution in [2.75, 3.05) is 13.1 Å². The molecule has 1 atom stereocenters. The molecule has 0 spiro atoms. The number of imidazole rings is 1. The van der Waals surface area contributed by atoms with Crippen LogP contribution in [-0.2, 0) is 22.6 Å². The van der Waals surface area contributed by atoms with Gasteiger partial charge >= 0.3 is 0 Å². The number of nitrogens with zero attached hydrogens (tertiary/aromatic N) is 4. The Balaban J connectivity index is 1.44. The zero-order valence-electron chi connectivity index (χ0n) is 15.3. The quantitative estimate of drug-likeness (QED) is 0.699. The Labute approximate surface area is 158 Å². The van der Waals surface area contributed by atoms with E-state index in [0.29, 0.717) is 13.1 Å². The molecule has 2 aromatic heterocycles. The first-order valence-corrected chi connectivity index (χ1v) is 9.16. The lowest BCUT2D eigenvalue weighted by Crippen LogP contribution is -2.58. The summed E-state index contributed by atoms with van der Waals surface area (Å²) in [6.07, 6.45) is 4.57. The number of benzene rings is 1. The average molecular weight is 362 g/mol. The second kappa shape index (κ2) is 7.23. The molecule has 2 amide bonds. The molecule has 0 radical (unpaired) electrons. The first kappa shape index (κ1) is 17.3. The molecule has 27 heavy (non-hydrogen) atoms. The topological polar surface area (TPSA) is 57.9 Å². The van der Waals surface area contributed by atoms with E-state index in [4.69, 9.17) is 0 Å². The zero-order valence-corrected chi connectivity index (χ0v) is 15.3. The molecule has 3 aromatic rings. The lowest BCUT2D eigenvalue weighted by atomic mass is 10.1. The Hall–Kier alpha value is -3.15. The van der Waals surface area contributed by atoms with E-state index in [2.05, 4.69) is 4.98 Å². The van der Waals surface area contributed by atoms with Crippen LogP contribution in [-0.4, -0.2) is 50.1 Å². The largest absolute Gasteiger partial charge is 0.331 e. The molecule has 0 saturated carbocycles. The van der Waals surface area contributed by atoms with Crippen molar-refractivity contribution in [2.24, 2.45) is 0 Å². The Morgan fingerprint density at radius 3 is 2.63 bits per heavy atom. The third kappa shape index (κ3) is 3.56. The number of aromatic nitrogens is 2. The number of hydrogen-bond acceptors (Lipinski definition) is 3. The van der Waals surface area contributed by atoms with Crippen molar-refractivity contribution >= 4 is 17.5 Å². The summed E-state index contributed by atoms with van der Waals surface area (Å²) in [5.74, 6) is -0.0403. The number of amides is 2. The highest BCUT2D eigenvalue weighted by atomic mass is 16.2. The Morgan fingerprint density at radius 1 is 1.07 bits per heavy atom. The molecule has 1 saturated heterocycles. The van der Waals surface area contributed by atoms with E-state index in [9.17, 15) is 9.59 Å². The fourth-order valence-corrected chi connectivity index (χ4v) is 3.51. The standard InChI is InChI=1S/C21H22N4O2/c1-16-21(27)24(12-10-17-7-3-2-4-8-17)15-20(26)25(16)14-18-13-23-11-6-5-9-19(23)22-18/h2-9,11,13,16H,10,12,14-15H2,1H3/t16-/m1/s1. The summed E-state index contributed by atoms with van der Waals surface area (Å²) in [5.41, 5.74) is 2.78. The van der Waals surface area contributed by atoms with Crippen LogP contribution in [0.4, 0.5) is 0 Å². The average Bonchev–Trinajstić information content (AvgIpc) is 3.10. The predicted molar refractivity (Wildman–Crippen MR) is 102 cm³/mol. The maximum atomic E-state index is 12.8. The van der Waals surface area contributed by atoms with Crippen LogP contribution < -0.4 is 0 Å². The number of carbonyl (C=O) groups is 2. The van der Waals surface area contributed by atoms with Gasteiger partial charge < -0.3 is 14.2 Å². The Morgan fingerprint density at radius 2 is 1.85 bits per heavy atom. The van der Waals surface area contributed by atoms with E-state index in [1.807, 2.05) is 65.3 Å². The smallest absolute Gasteiger partial charge is 0.245 e. The van der Waals surface area contributed by atoms with Crippen molar-refractivity contribution in [3.63, 3.8) is 0 Å². The highest BCUT2D eigenvalue weighted by Gasteiger charge is 2.36. The maximum absolute atomic E-state index is 12.8. The molecular formula is C21H22N4O2. The molecule has 6 nitrogen and oxygen atoms in total. The predicted octanol–water partition coefficient (Wildman–Crippen LogP) is 2.14. The van der Waals surface area contributed by atoms with E-state index in [1.54, 1.807) is 16.7 Å². The minimum absolute atomic E-state index is 0.00528. The fourth-order valence-electron chi connectivity index (χ4n) is 3.51. The van der Waals surface area contributed by atoms with Gasteiger partial charge in [0.25, 0.3) is 0 Å². The first-order valence-electron chi connectivity index (χ1n) is 9.16. The SMILES string of the molecule is C[C@@H]1C(=O)N(CCc2ccccc2)CC(=O)N1Cc1cn2ccccc2n1. The molecule has 1 aliphatic rings. The van der Waals surface area contributed by atoms with Crippen molar-refractivity contribution < 1.29 is 9.59 Å². The highest BCUT2D eigenvalue weighted by molar-refractivity contribution is 5.94. The molecule has 3 heterocycles. The van der Waals surface area contributed by atoms with Crippen LogP contribution >= 0.6 is 0 Å². The second-order valence-corrected chi connectivity index (χ2v) is 6.89. The van der Waals surface area contributed by atoms with Gasteiger partial charge in [0.15, 0.2) is 0 Å². The van der Waals surface area contributed by atoms with Crippen LogP contribution in [0.5, 0.6) is 0 Å². The van der Waals surface area contributed by atoms with Crippen LogP contribution in [0.15, 0.2) is 60.9 Å². The third-order valence-electron chi connectivity index (χ3n) is 5.04. The summed E-state index contributed by atoms with van der Waals surface area (Å²) in [4.78, 5) is 33.3. The number of fused-ring (bicyclic) bond motifs is 1. The summed E-state index contributed by atoms with van der Waals surface area (Å²) < 4.78 is 1.92. The lowest BCUT2D eigenvalue weighted by molar-refractivity contribution is -0.155. The molecule has 0 aliphatic carbocycles. The Kier molecular flexibility index (Phi) is 4.62. The van der Waals surface area contributed by atoms with E-state index in [-0.39, 0.29) is 18.4 Å². The molecule has 4 rings (SSSR count). The van der Waals surface area contributed by atoms with E-state index in [1.165, 1.54) is 0 Å².